The SMILES string of the molecule is CC/C=C/C/C=C/CCCCCCCCCC(=O)NC(COP(=O)(O)OCC[N+](C)(C)C)C(/C=C\CCCCCCCCCCCC)OC(=O)CCCCCCCCCCCCCCCCCCC/C=C/CCCCCCCC. The van der Waals surface area contributed by atoms with E-state index >= 15 is 0 Å². The van der Waals surface area contributed by atoms with Gasteiger partial charge in [-0.1, -0.05) is 282 Å². The number of esters is 1. The number of unbranched alkanes of at least 4 members (excludes halogenated alkanes) is 40. The number of rotatable bonds is 62. The molecule has 1 amide bonds. The second-order valence-electron chi connectivity index (χ2n) is 24.3. The Morgan fingerprint density at radius 2 is 0.810 bits per heavy atom. The molecular formula is C69H132N2O7P+. The Labute approximate surface area is 490 Å². The average Bonchev–Trinajstić information content (AvgIpc) is 3.41. The Morgan fingerprint density at radius 3 is 1.22 bits per heavy atom. The lowest BCUT2D eigenvalue weighted by atomic mass is 10.0. The summed E-state index contributed by atoms with van der Waals surface area (Å²) in [6, 6.07) is -0.850. The van der Waals surface area contributed by atoms with Crippen molar-refractivity contribution in [2.24, 2.45) is 0 Å². The molecule has 79 heavy (non-hydrogen) atoms. The number of hydrogen-bond acceptors (Lipinski definition) is 6. The molecule has 0 aromatic carbocycles. The lowest BCUT2D eigenvalue weighted by Crippen LogP contribution is -2.47. The van der Waals surface area contributed by atoms with Crippen molar-refractivity contribution >= 4 is 19.7 Å². The first kappa shape index (κ1) is 77.0. The van der Waals surface area contributed by atoms with Gasteiger partial charge in [-0.05, 0) is 83.1 Å². The molecule has 2 N–H and O–H groups in total. The number of phosphoric acid groups is 1. The molecule has 0 rings (SSSR count). The fourth-order valence-corrected chi connectivity index (χ4v) is 10.8. The van der Waals surface area contributed by atoms with E-state index in [1.807, 2.05) is 33.3 Å². The second kappa shape index (κ2) is 59.1. The van der Waals surface area contributed by atoms with Crippen molar-refractivity contribution < 1.29 is 37.3 Å². The van der Waals surface area contributed by atoms with Gasteiger partial charge in [-0.3, -0.25) is 18.6 Å². The minimum absolute atomic E-state index is 0.0396. The average molecular weight is 1130 g/mol. The predicted octanol–water partition coefficient (Wildman–Crippen LogP) is 21.2. The quantitative estimate of drug-likeness (QED) is 0.0205. The zero-order chi connectivity index (χ0) is 57.9. The molecule has 0 saturated heterocycles. The molecule has 0 aromatic rings. The van der Waals surface area contributed by atoms with Gasteiger partial charge in [0.15, 0.2) is 0 Å². The monoisotopic (exact) mass is 1130 g/mol. The van der Waals surface area contributed by atoms with Crippen molar-refractivity contribution in [3.05, 3.63) is 48.6 Å². The summed E-state index contributed by atoms with van der Waals surface area (Å²) < 4.78 is 30.7. The van der Waals surface area contributed by atoms with E-state index in [4.69, 9.17) is 13.8 Å². The maximum atomic E-state index is 13.5. The summed E-state index contributed by atoms with van der Waals surface area (Å²) in [4.78, 5) is 37.8. The second-order valence-corrected chi connectivity index (χ2v) is 25.8. The van der Waals surface area contributed by atoms with Crippen LogP contribution in [0.15, 0.2) is 48.6 Å². The van der Waals surface area contributed by atoms with Gasteiger partial charge in [0.1, 0.15) is 19.3 Å². The third-order valence-electron chi connectivity index (χ3n) is 15.3. The highest BCUT2D eigenvalue weighted by Gasteiger charge is 2.30. The third-order valence-corrected chi connectivity index (χ3v) is 16.2. The van der Waals surface area contributed by atoms with Gasteiger partial charge in [0.2, 0.25) is 5.91 Å². The Bertz CT molecular complexity index is 1490. The number of carbonyl (C=O) groups excluding carboxylic acids is 2. The Morgan fingerprint density at radius 1 is 0.456 bits per heavy atom. The minimum atomic E-state index is -4.45. The molecular weight excluding hydrogens is 1000 g/mol. The molecule has 0 fully saturated rings. The van der Waals surface area contributed by atoms with Crippen LogP contribution in [0.3, 0.4) is 0 Å². The lowest BCUT2D eigenvalue weighted by molar-refractivity contribution is -0.870. The van der Waals surface area contributed by atoms with Crippen molar-refractivity contribution in [2.75, 3.05) is 40.9 Å². The van der Waals surface area contributed by atoms with Gasteiger partial charge in [0.25, 0.3) is 0 Å². The van der Waals surface area contributed by atoms with Gasteiger partial charge in [-0.25, -0.2) is 4.57 Å². The number of nitrogens with zero attached hydrogens (tertiary/aromatic N) is 1. The van der Waals surface area contributed by atoms with E-state index in [2.05, 4.69) is 62.5 Å². The molecule has 9 nitrogen and oxygen atoms in total. The standard InChI is InChI=1S/C69H131N2O7P/c1-7-10-13-16-19-22-25-28-30-31-32-33-34-35-36-37-38-39-40-41-42-44-47-50-53-56-59-62-69(73)78-67(60-57-54-51-48-45-27-24-21-18-15-12-9-3)66(65-77-79(74,75)76-64-63-71(4,5)6)70-68(72)61-58-55-52-49-46-43-29-26-23-20-17-14-11-8-2/h11,14,20,23,28,30,57,60,66-67H,7-10,12-13,15-19,21-22,24-27,29,31-56,58-59,61-65H2,1-6H3,(H-,70,72,74,75)/p+1/b14-11+,23-20+,30-28+,60-57-. The first-order valence-electron chi connectivity index (χ1n) is 34.0. The number of carbonyl (C=O) groups is 2. The van der Waals surface area contributed by atoms with Crippen LogP contribution in [0.1, 0.15) is 329 Å². The lowest BCUT2D eigenvalue weighted by Gasteiger charge is -2.27. The molecule has 464 valence electrons. The summed E-state index contributed by atoms with van der Waals surface area (Å²) in [5.41, 5.74) is 0. The number of hydrogen-bond donors (Lipinski definition) is 2. The molecule has 0 bridgehead atoms. The molecule has 0 spiro atoms. The van der Waals surface area contributed by atoms with E-state index in [1.54, 1.807) is 0 Å². The van der Waals surface area contributed by atoms with Gasteiger partial charge < -0.3 is 19.4 Å². The molecule has 0 aliphatic heterocycles. The van der Waals surface area contributed by atoms with Crippen LogP contribution in [0, 0.1) is 0 Å². The van der Waals surface area contributed by atoms with E-state index in [0.29, 0.717) is 23.9 Å². The number of quaternary nitrogens is 1. The molecule has 0 aliphatic carbocycles. The first-order chi connectivity index (χ1) is 38.4. The zero-order valence-corrected chi connectivity index (χ0v) is 54.0. The van der Waals surface area contributed by atoms with Crippen LogP contribution in [0.25, 0.3) is 0 Å². The summed E-state index contributed by atoms with van der Waals surface area (Å²) in [5, 5.41) is 3.06. The van der Waals surface area contributed by atoms with Crippen LogP contribution in [0.4, 0.5) is 0 Å². The van der Waals surface area contributed by atoms with Gasteiger partial charge in [0.05, 0.1) is 33.8 Å². The van der Waals surface area contributed by atoms with Gasteiger partial charge >= 0.3 is 13.8 Å². The van der Waals surface area contributed by atoms with E-state index in [0.717, 1.165) is 83.5 Å². The first-order valence-corrected chi connectivity index (χ1v) is 35.5. The molecule has 0 aliphatic rings. The maximum absolute atomic E-state index is 13.5. The van der Waals surface area contributed by atoms with Gasteiger partial charge in [-0.15, -0.1) is 0 Å². The topological polar surface area (TPSA) is 111 Å². The predicted molar refractivity (Wildman–Crippen MR) is 342 cm³/mol. The van der Waals surface area contributed by atoms with Crippen LogP contribution in [0.5, 0.6) is 0 Å². The van der Waals surface area contributed by atoms with Gasteiger partial charge in [-0.2, -0.15) is 0 Å². The molecule has 0 aromatic heterocycles. The molecule has 3 unspecified atom stereocenters. The van der Waals surface area contributed by atoms with Crippen molar-refractivity contribution in [3.8, 4) is 0 Å². The largest absolute Gasteiger partial charge is 0.472 e. The minimum Gasteiger partial charge on any atom is -0.456 e. The number of amides is 1. The Hall–Kier alpha value is -2.03. The normalized spacial score (nSPS) is 13.9. The number of nitrogens with one attached hydrogen (secondary N) is 1. The zero-order valence-electron chi connectivity index (χ0n) is 53.1. The highest BCUT2D eigenvalue weighted by atomic mass is 31.2. The van der Waals surface area contributed by atoms with Crippen LogP contribution in [0.2, 0.25) is 0 Å². The highest BCUT2D eigenvalue weighted by molar-refractivity contribution is 7.47. The number of ether oxygens (including phenoxy) is 1. The summed E-state index contributed by atoms with van der Waals surface area (Å²) >= 11 is 0. The van der Waals surface area contributed by atoms with Crippen LogP contribution < -0.4 is 5.32 Å². The van der Waals surface area contributed by atoms with Crippen molar-refractivity contribution in [3.63, 3.8) is 0 Å². The van der Waals surface area contributed by atoms with Crippen LogP contribution >= 0.6 is 7.82 Å². The highest BCUT2D eigenvalue weighted by Crippen LogP contribution is 2.43. The number of likely N-dealkylation sites (N-methyl/N-ethyl adjacent to an activating group) is 1. The van der Waals surface area contributed by atoms with Crippen molar-refractivity contribution in [2.45, 2.75) is 341 Å². The summed E-state index contributed by atoms with van der Waals surface area (Å²) in [5.74, 6) is -0.502. The van der Waals surface area contributed by atoms with E-state index < -0.39 is 20.0 Å². The fraction of sp³-hybridized carbons (Fsp3) is 0.855. The van der Waals surface area contributed by atoms with Crippen molar-refractivity contribution in [1.29, 1.82) is 0 Å². The number of phosphoric ester groups is 1. The molecule has 0 radical (unpaired) electrons. The van der Waals surface area contributed by atoms with Crippen LogP contribution in [-0.4, -0.2) is 74.3 Å². The van der Waals surface area contributed by atoms with Crippen LogP contribution in [-0.2, 0) is 27.9 Å². The Balaban J connectivity index is 4.98. The third kappa shape index (κ3) is 60.4. The molecule has 0 heterocycles. The Kier molecular flexibility index (Phi) is 57.6. The van der Waals surface area contributed by atoms with Crippen molar-refractivity contribution in [1.82, 2.24) is 5.32 Å². The van der Waals surface area contributed by atoms with E-state index in [-0.39, 0.29) is 25.1 Å². The molecule has 0 saturated carbocycles. The number of allylic oxidation sites excluding steroid dienone is 7. The molecule has 3 atom stereocenters. The fourth-order valence-electron chi connectivity index (χ4n) is 10.0. The summed E-state index contributed by atoms with van der Waals surface area (Å²) in [6.07, 6.45) is 74.2. The smallest absolute Gasteiger partial charge is 0.456 e. The van der Waals surface area contributed by atoms with Gasteiger partial charge in [0, 0.05) is 12.8 Å². The summed E-state index contributed by atoms with van der Waals surface area (Å²) in [6.45, 7) is 6.93. The molecule has 10 heteroatoms. The van der Waals surface area contributed by atoms with E-state index in [9.17, 15) is 19.0 Å². The maximum Gasteiger partial charge on any atom is 0.472 e. The van der Waals surface area contributed by atoms with E-state index in [1.165, 1.54) is 212 Å². The summed E-state index contributed by atoms with van der Waals surface area (Å²) in [7, 11) is 1.50.